The molecular formula is C12H16ClN. The highest BCUT2D eigenvalue weighted by Gasteiger charge is 2.55. The zero-order valence-electron chi connectivity index (χ0n) is 8.20. The van der Waals surface area contributed by atoms with Gasteiger partial charge in [-0.15, -0.1) is 12.4 Å². The van der Waals surface area contributed by atoms with E-state index in [0.29, 0.717) is 5.41 Å². The third-order valence-corrected chi connectivity index (χ3v) is 3.72. The smallest absolute Gasteiger partial charge is 0.000912 e. The molecule has 2 unspecified atom stereocenters. The average Bonchev–Trinajstić information content (AvgIpc) is 2.94. The van der Waals surface area contributed by atoms with Gasteiger partial charge in [-0.25, -0.2) is 0 Å². The van der Waals surface area contributed by atoms with Crippen molar-refractivity contribution in [3.05, 3.63) is 35.9 Å². The highest BCUT2D eigenvalue weighted by atomic mass is 35.5. The van der Waals surface area contributed by atoms with Gasteiger partial charge in [0.15, 0.2) is 0 Å². The summed E-state index contributed by atoms with van der Waals surface area (Å²) < 4.78 is 0. The van der Waals surface area contributed by atoms with Crippen LogP contribution in [0.1, 0.15) is 18.4 Å². The van der Waals surface area contributed by atoms with Gasteiger partial charge in [-0.1, -0.05) is 30.3 Å². The lowest BCUT2D eigenvalue weighted by atomic mass is 9.88. The van der Waals surface area contributed by atoms with E-state index in [1.807, 2.05) is 0 Å². The molecule has 1 aliphatic carbocycles. The quantitative estimate of drug-likeness (QED) is 0.749. The number of hydrogen-bond acceptors (Lipinski definition) is 1. The van der Waals surface area contributed by atoms with Crippen molar-refractivity contribution < 1.29 is 0 Å². The van der Waals surface area contributed by atoms with Gasteiger partial charge in [0, 0.05) is 5.41 Å². The predicted molar refractivity (Wildman–Crippen MR) is 61.0 cm³/mol. The first-order valence-electron chi connectivity index (χ1n) is 5.18. The maximum absolute atomic E-state index is 3.47. The molecule has 0 aromatic heterocycles. The van der Waals surface area contributed by atoms with Gasteiger partial charge in [0.2, 0.25) is 0 Å². The summed E-state index contributed by atoms with van der Waals surface area (Å²) >= 11 is 0. The van der Waals surface area contributed by atoms with Gasteiger partial charge in [-0.05, 0) is 37.4 Å². The zero-order valence-corrected chi connectivity index (χ0v) is 9.02. The summed E-state index contributed by atoms with van der Waals surface area (Å²) in [7, 11) is 0. The van der Waals surface area contributed by atoms with Crippen LogP contribution in [0.3, 0.4) is 0 Å². The Morgan fingerprint density at radius 3 is 2.71 bits per heavy atom. The molecule has 1 N–H and O–H groups in total. The summed E-state index contributed by atoms with van der Waals surface area (Å²) in [4.78, 5) is 0. The van der Waals surface area contributed by atoms with Crippen molar-refractivity contribution in [2.24, 2.45) is 5.92 Å². The number of hydrogen-bond donors (Lipinski definition) is 1. The summed E-state index contributed by atoms with van der Waals surface area (Å²) in [6.07, 6.45) is 2.74. The number of fused-ring (bicyclic) bond motifs is 1. The molecule has 1 saturated heterocycles. The largest absolute Gasteiger partial charge is 0.316 e. The highest BCUT2D eigenvalue weighted by molar-refractivity contribution is 5.85. The van der Waals surface area contributed by atoms with Gasteiger partial charge in [-0.2, -0.15) is 0 Å². The first-order valence-corrected chi connectivity index (χ1v) is 5.18. The van der Waals surface area contributed by atoms with Crippen molar-refractivity contribution in [1.82, 2.24) is 5.32 Å². The monoisotopic (exact) mass is 209 g/mol. The summed E-state index contributed by atoms with van der Waals surface area (Å²) in [6, 6.07) is 11.0. The minimum absolute atomic E-state index is 0. The standard InChI is InChI=1S/C12H15N.ClH/c1-2-4-10(5-3-1)12-6-7-13-9-11(12)8-12;/h1-5,11,13H,6-9H2;1H. The molecule has 0 spiro atoms. The molecule has 76 valence electrons. The van der Waals surface area contributed by atoms with Crippen LogP contribution in [0.15, 0.2) is 30.3 Å². The van der Waals surface area contributed by atoms with E-state index in [1.165, 1.54) is 25.9 Å². The van der Waals surface area contributed by atoms with Crippen LogP contribution in [0.25, 0.3) is 0 Å². The van der Waals surface area contributed by atoms with Crippen LogP contribution in [-0.4, -0.2) is 13.1 Å². The van der Waals surface area contributed by atoms with Crippen LogP contribution in [0.4, 0.5) is 0 Å². The molecule has 2 aliphatic rings. The van der Waals surface area contributed by atoms with Gasteiger partial charge in [0.05, 0.1) is 0 Å². The van der Waals surface area contributed by atoms with Crippen molar-refractivity contribution in [3.8, 4) is 0 Å². The van der Waals surface area contributed by atoms with Gasteiger partial charge in [0.1, 0.15) is 0 Å². The van der Waals surface area contributed by atoms with E-state index in [-0.39, 0.29) is 12.4 Å². The maximum Gasteiger partial charge on any atom is 0.000912 e. The summed E-state index contributed by atoms with van der Waals surface area (Å²) in [5, 5.41) is 3.47. The van der Waals surface area contributed by atoms with Crippen LogP contribution in [0.5, 0.6) is 0 Å². The molecule has 0 bridgehead atoms. The Labute approximate surface area is 91.3 Å². The molecule has 2 atom stereocenters. The lowest BCUT2D eigenvalue weighted by molar-refractivity contribution is 0.445. The van der Waals surface area contributed by atoms with Crippen LogP contribution < -0.4 is 5.32 Å². The van der Waals surface area contributed by atoms with Crippen molar-refractivity contribution in [3.63, 3.8) is 0 Å². The molecule has 0 amide bonds. The fourth-order valence-corrected chi connectivity index (χ4v) is 2.81. The molecular weight excluding hydrogens is 194 g/mol. The van der Waals surface area contributed by atoms with Crippen LogP contribution in [0.2, 0.25) is 0 Å². The SMILES string of the molecule is Cl.c1ccc(C23CCNCC2C3)cc1. The second-order valence-corrected chi connectivity index (χ2v) is 4.38. The van der Waals surface area contributed by atoms with Gasteiger partial charge in [0.25, 0.3) is 0 Å². The van der Waals surface area contributed by atoms with Gasteiger partial charge >= 0.3 is 0 Å². The van der Waals surface area contributed by atoms with Crippen LogP contribution in [0, 0.1) is 5.92 Å². The number of halogens is 1. The Balaban J connectivity index is 0.000000750. The van der Waals surface area contributed by atoms with E-state index in [2.05, 4.69) is 35.6 Å². The number of rotatable bonds is 1. The van der Waals surface area contributed by atoms with Crippen molar-refractivity contribution in [2.75, 3.05) is 13.1 Å². The first kappa shape index (κ1) is 10.0. The first-order chi connectivity index (χ1) is 6.42. The predicted octanol–water partition coefficient (Wildman–Crippen LogP) is 2.36. The third-order valence-electron chi connectivity index (χ3n) is 3.72. The lowest BCUT2D eigenvalue weighted by Gasteiger charge is -2.23. The summed E-state index contributed by atoms with van der Waals surface area (Å²) in [5.41, 5.74) is 2.15. The molecule has 1 aromatic carbocycles. The third kappa shape index (κ3) is 1.35. The fourth-order valence-electron chi connectivity index (χ4n) is 2.81. The van der Waals surface area contributed by atoms with Gasteiger partial charge in [-0.3, -0.25) is 0 Å². The van der Waals surface area contributed by atoms with Gasteiger partial charge < -0.3 is 5.32 Å². The maximum atomic E-state index is 3.47. The number of piperidine rings is 1. The Morgan fingerprint density at radius 1 is 1.21 bits per heavy atom. The van der Waals surface area contributed by atoms with Crippen LogP contribution >= 0.6 is 12.4 Å². The minimum Gasteiger partial charge on any atom is -0.316 e. The van der Waals surface area contributed by atoms with E-state index >= 15 is 0 Å². The summed E-state index contributed by atoms with van der Waals surface area (Å²) in [5.74, 6) is 0.920. The fraction of sp³-hybridized carbons (Fsp3) is 0.500. The number of nitrogens with one attached hydrogen (secondary N) is 1. The van der Waals surface area contributed by atoms with Crippen molar-refractivity contribution in [1.29, 1.82) is 0 Å². The molecule has 2 fully saturated rings. The molecule has 1 aromatic rings. The van der Waals surface area contributed by atoms with Crippen molar-refractivity contribution >= 4 is 12.4 Å². The molecule has 1 heterocycles. The van der Waals surface area contributed by atoms with E-state index in [4.69, 9.17) is 0 Å². The van der Waals surface area contributed by atoms with E-state index in [1.54, 1.807) is 5.56 Å². The van der Waals surface area contributed by atoms with Crippen LogP contribution in [-0.2, 0) is 5.41 Å². The number of benzene rings is 1. The Hall–Kier alpha value is -0.530. The molecule has 3 rings (SSSR count). The Morgan fingerprint density at radius 2 is 2.00 bits per heavy atom. The van der Waals surface area contributed by atoms with E-state index < -0.39 is 0 Å². The molecule has 2 heteroatoms. The highest BCUT2D eigenvalue weighted by Crippen LogP contribution is 2.57. The molecule has 0 radical (unpaired) electrons. The normalized spacial score (nSPS) is 34.1. The average molecular weight is 210 g/mol. The molecule has 14 heavy (non-hydrogen) atoms. The second kappa shape index (κ2) is 3.56. The summed E-state index contributed by atoms with van der Waals surface area (Å²) in [6.45, 7) is 2.43. The molecule has 1 saturated carbocycles. The Kier molecular flexibility index (Phi) is 2.54. The molecule has 1 nitrogen and oxygen atoms in total. The van der Waals surface area contributed by atoms with E-state index in [9.17, 15) is 0 Å². The lowest BCUT2D eigenvalue weighted by Crippen LogP contribution is -2.31. The Bertz CT molecular complexity index is 311. The topological polar surface area (TPSA) is 12.0 Å². The second-order valence-electron chi connectivity index (χ2n) is 4.38. The molecule has 1 aliphatic heterocycles. The van der Waals surface area contributed by atoms with E-state index in [0.717, 1.165) is 5.92 Å². The van der Waals surface area contributed by atoms with Crippen molar-refractivity contribution in [2.45, 2.75) is 18.3 Å². The zero-order chi connectivity index (χ0) is 8.73. The minimum atomic E-state index is 0.